The number of carbonyl (C=O) groups is 1. The van der Waals surface area contributed by atoms with Gasteiger partial charge in [0.15, 0.2) is 0 Å². The highest BCUT2D eigenvalue weighted by atomic mass is 32.2. The second-order valence-corrected chi connectivity index (χ2v) is 9.04. The summed E-state index contributed by atoms with van der Waals surface area (Å²) in [5, 5.41) is 7.24. The predicted molar refractivity (Wildman–Crippen MR) is 128 cm³/mol. The van der Waals surface area contributed by atoms with Gasteiger partial charge in [-0.25, -0.2) is 13.1 Å². The number of carbonyl (C=O) groups excluding carboxylic acids is 1. The summed E-state index contributed by atoms with van der Waals surface area (Å²) >= 11 is 0. The molecule has 0 saturated carbocycles. The SMILES string of the molecule is COc1cc(NC(=O)c2cccc(-n3nccc3-c3ccccc3)c2)ccc1NS(C)(=O)=O. The Hall–Kier alpha value is -4.11. The molecule has 0 atom stereocenters. The van der Waals surface area contributed by atoms with Gasteiger partial charge in [0.25, 0.3) is 5.91 Å². The Morgan fingerprint density at radius 1 is 0.970 bits per heavy atom. The van der Waals surface area contributed by atoms with Gasteiger partial charge in [-0.05, 0) is 36.4 Å². The largest absolute Gasteiger partial charge is 0.494 e. The van der Waals surface area contributed by atoms with Crippen LogP contribution in [0.4, 0.5) is 11.4 Å². The Balaban J connectivity index is 1.58. The van der Waals surface area contributed by atoms with E-state index in [1.165, 1.54) is 13.2 Å². The molecule has 4 aromatic rings. The fourth-order valence-electron chi connectivity index (χ4n) is 3.37. The normalized spacial score (nSPS) is 11.1. The number of nitrogens with one attached hydrogen (secondary N) is 2. The van der Waals surface area contributed by atoms with E-state index in [-0.39, 0.29) is 17.3 Å². The van der Waals surface area contributed by atoms with Gasteiger partial charge >= 0.3 is 0 Å². The minimum absolute atomic E-state index is 0.284. The Labute approximate surface area is 191 Å². The highest BCUT2D eigenvalue weighted by Gasteiger charge is 2.13. The van der Waals surface area contributed by atoms with Crippen LogP contribution in [0.2, 0.25) is 0 Å². The van der Waals surface area contributed by atoms with Gasteiger partial charge in [-0.1, -0.05) is 36.4 Å². The molecule has 9 heteroatoms. The summed E-state index contributed by atoms with van der Waals surface area (Å²) < 4.78 is 32.4. The minimum Gasteiger partial charge on any atom is -0.494 e. The molecule has 0 bridgehead atoms. The number of hydrogen-bond donors (Lipinski definition) is 2. The van der Waals surface area contributed by atoms with Crippen molar-refractivity contribution >= 4 is 27.3 Å². The molecule has 1 aromatic heterocycles. The first-order valence-corrected chi connectivity index (χ1v) is 11.9. The van der Waals surface area contributed by atoms with Crippen LogP contribution >= 0.6 is 0 Å². The standard InChI is InChI=1S/C24H22N4O4S/c1-32-23-16-19(11-12-21(23)27-33(2,30)31)26-24(29)18-9-6-10-20(15-18)28-22(13-14-25-28)17-7-4-3-5-8-17/h3-16,27H,1-2H3,(H,26,29). The molecule has 168 valence electrons. The van der Waals surface area contributed by atoms with E-state index < -0.39 is 10.0 Å². The molecule has 0 saturated heterocycles. The van der Waals surface area contributed by atoms with Gasteiger partial charge < -0.3 is 10.1 Å². The van der Waals surface area contributed by atoms with Crippen molar-refractivity contribution in [3.63, 3.8) is 0 Å². The second kappa shape index (κ2) is 9.17. The lowest BCUT2D eigenvalue weighted by Gasteiger charge is -2.13. The van der Waals surface area contributed by atoms with Crippen molar-refractivity contribution in [2.24, 2.45) is 0 Å². The number of ether oxygens (including phenoxy) is 1. The highest BCUT2D eigenvalue weighted by Crippen LogP contribution is 2.29. The van der Waals surface area contributed by atoms with E-state index >= 15 is 0 Å². The molecule has 2 N–H and O–H groups in total. The van der Waals surface area contributed by atoms with Gasteiger partial charge in [0, 0.05) is 22.9 Å². The van der Waals surface area contributed by atoms with Crippen LogP contribution in [0.25, 0.3) is 16.9 Å². The Morgan fingerprint density at radius 2 is 1.76 bits per heavy atom. The maximum Gasteiger partial charge on any atom is 0.255 e. The molecule has 0 unspecified atom stereocenters. The van der Waals surface area contributed by atoms with E-state index in [0.717, 1.165) is 23.2 Å². The molecule has 8 nitrogen and oxygen atoms in total. The average molecular weight is 463 g/mol. The lowest BCUT2D eigenvalue weighted by molar-refractivity contribution is 0.102. The van der Waals surface area contributed by atoms with Crippen molar-refractivity contribution in [1.29, 1.82) is 0 Å². The van der Waals surface area contributed by atoms with Crippen LogP contribution in [0.3, 0.4) is 0 Å². The fraction of sp³-hybridized carbons (Fsp3) is 0.0833. The first kappa shape index (κ1) is 22.1. The van der Waals surface area contributed by atoms with E-state index in [2.05, 4.69) is 15.1 Å². The summed E-state index contributed by atoms with van der Waals surface area (Å²) in [6.07, 6.45) is 2.77. The number of anilines is 2. The summed E-state index contributed by atoms with van der Waals surface area (Å²) in [4.78, 5) is 12.9. The van der Waals surface area contributed by atoms with Gasteiger partial charge in [-0.3, -0.25) is 9.52 Å². The zero-order valence-electron chi connectivity index (χ0n) is 18.0. The lowest BCUT2D eigenvalue weighted by atomic mass is 10.1. The van der Waals surface area contributed by atoms with Crippen molar-refractivity contribution in [2.75, 3.05) is 23.4 Å². The molecule has 0 aliphatic carbocycles. The Kier molecular flexibility index (Phi) is 6.14. The average Bonchev–Trinajstić information content (AvgIpc) is 3.30. The number of nitrogens with zero attached hydrogens (tertiary/aromatic N) is 2. The molecule has 0 aliphatic heterocycles. The van der Waals surface area contributed by atoms with Crippen LogP contribution in [0.15, 0.2) is 85.1 Å². The number of aromatic nitrogens is 2. The van der Waals surface area contributed by atoms with Gasteiger partial charge in [0.2, 0.25) is 10.0 Å². The van der Waals surface area contributed by atoms with Gasteiger partial charge in [-0.2, -0.15) is 5.10 Å². The summed E-state index contributed by atoms with van der Waals surface area (Å²) in [6.45, 7) is 0. The fourth-order valence-corrected chi connectivity index (χ4v) is 3.94. The number of benzene rings is 3. The first-order valence-electron chi connectivity index (χ1n) is 10.0. The molecule has 3 aromatic carbocycles. The third kappa shape index (κ3) is 5.21. The van der Waals surface area contributed by atoms with E-state index in [9.17, 15) is 13.2 Å². The van der Waals surface area contributed by atoms with Gasteiger partial charge in [0.1, 0.15) is 5.75 Å². The van der Waals surface area contributed by atoms with Crippen molar-refractivity contribution < 1.29 is 17.9 Å². The third-order valence-electron chi connectivity index (χ3n) is 4.82. The molecule has 33 heavy (non-hydrogen) atoms. The summed E-state index contributed by atoms with van der Waals surface area (Å²) in [5.74, 6) is -0.0350. The lowest BCUT2D eigenvalue weighted by Crippen LogP contribution is -2.14. The second-order valence-electron chi connectivity index (χ2n) is 7.29. The van der Waals surface area contributed by atoms with E-state index in [4.69, 9.17) is 4.74 Å². The number of sulfonamides is 1. The zero-order valence-corrected chi connectivity index (χ0v) is 18.8. The van der Waals surface area contributed by atoms with Crippen LogP contribution in [0.1, 0.15) is 10.4 Å². The molecule has 0 spiro atoms. The molecular formula is C24H22N4O4S. The van der Waals surface area contributed by atoms with Crippen LogP contribution in [0, 0.1) is 0 Å². The van der Waals surface area contributed by atoms with Crippen molar-refractivity contribution in [2.45, 2.75) is 0 Å². The monoisotopic (exact) mass is 462 g/mol. The van der Waals surface area contributed by atoms with E-state index in [1.807, 2.05) is 42.5 Å². The maximum absolute atomic E-state index is 12.9. The van der Waals surface area contributed by atoms with Crippen LogP contribution in [-0.4, -0.2) is 37.5 Å². The minimum atomic E-state index is -3.46. The van der Waals surface area contributed by atoms with Crippen LogP contribution < -0.4 is 14.8 Å². The maximum atomic E-state index is 12.9. The molecular weight excluding hydrogens is 440 g/mol. The molecule has 0 fully saturated rings. The number of hydrogen-bond acceptors (Lipinski definition) is 5. The Morgan fingerprint density at radius 3 is 2.48 bits per heavy atom. The number of amides is 1. The topological polar surface area (TPSA) is 102 Å². The van der Waals surface area contributed by atoms with E-state index in [0.29, 0.717) is 11.3 Å². The molecule has 1 amide bonds. The van der Waals surface area contributed by atoms with Crippen molar-refractivity contribution in [3.05, 3.63) is 90.6 Å². The van der Waals surface area contributed by atoms with Gasteiger partial charge in [-0.15, -0.1) is 0 Å². The molecule has 1 heterocycles. The van der Waals surface area contributed by atoms with Crippen molar-refractivity contribution in [3.8, 4) is 22.7 Å². The quantitative estimate of drug-likeness (QED) is 0.429. The van der Waals surface area contributed by atoms with Crippen molar-refractivity contribution in [1.82, 2.24) is 9.78 Å². The molecule has 0 radical (unpaired) electrons. The van der Waals surface area contributed by atoms with Gasteiger partial charge in [0.05, 0.1) is 36.6 Å². The Bertz CT molecular complexity index is 1400. The van der Waals surface area contributed by atoms with Crippen LogP contribution in [-0.2, 0) is 10.0 Å². The van der Waals surface area contributed by atoms with E-state index in [1.54, 1.807) is 41.2 Å². The smallest absolute Gasteiger partial charge is 0.255 e. The molecule has 0 aliphatic rings. The number of methoxy groups -OCH3 is 1. The summed E-state index contributed by atoms with van der Waals surface area (Å²) in [5.41, 5.74) is 3.86. The number of rotatable bonds is 7. The predicted octanol–water partition coefficient (Wildman–Crippen LogP) is 4.17. The summed E-state index contributed by atoms with van der Waals surface area (Å²) in [7, 11) is -2.04. The van der Waals surface area contributed by atoms with Crippen LogP contribution in [0.5, 0.6) is 5.75 Å². The molecule has 4 rings (SSSR count). The highest BCUT2D eigenvalue weighted by molar-refractivity contribution is 7.92. The summed E-state index contributed by atoms with van der Waals surface area (Å²) in [6, 6.07) is 23.6. The third-order valence-corrected chi connectivity index (χ3v) is 5.41. The zero-order chi connectivity index (χ0) is 23.4. The first-order chi connectivity index (χ1) is 15.8.